The monoisotopic (exact) mass is 194 g/mol. The Kier molecular flexibility index (Phi) is 2.10. The molecule has 2 heterocycles. The van der Waals surface area contributed by atoms with E-state index in [2.05, 4.69) is 10.6 Å². The highest BCUT2D eigenvalue weighted by Gasteiger charge is 2.44. The molecule has 0 bridgehead atoms. The molecule has 1 aliphatic carbocycles. The van der Waals surface area contributed by atoms with Crippen molar-refractivity contribution >= 4 is 5.78 Å². The van der Waals surface area contributed by atoms with Gasteiger partial charge in [-0.15, -0.1) is 0 Å². The Hall–Kier alpha value is -0.410. The maximum Gasteiger partial charge on any atom is 0.153 e. The van der Waals surface area contributed by atoms with Crippen molar-refractivity contribution in [2.45, 2.75) is 25.3 Å². The molecule has 3 nitrogen and oxygen atoms in total. The number of carbonyl (C=O) groups excluding carboxylic acids is 1. The zero-order valence-corrected chi connectivity index (χ0v) is 8.46. The third-order valence-electron chi connectivity index (χ3n) is 4.23. The van der Waals surface area contributed by atoms with Crippen molar-refractivity contribution in [1.29, 1.82) is 0 Å². The fourth-order valence-corrected chi connectivity index (χ4v) is 3.05. The molecule has 0 aromatic carbocycles. The Morgan fingerprint density at radius 2 is 2.00 bits per heavy atom. The molecule has 0 spiro atoms. The van der Waals surface area contributed by atoms with Crippen molar-refractivity contribution in [3.05, 3.63) is 0 Å². The maximum atomic E-state index is 12.1. The number of hydrogen-bond acceptors (Lipinski definition) is 3. The van der Waals surface area contributed by atoms with Crippen molar-refractivity contribution in [2.24, 2.45) is 17.8 Å². The van der Waals surface area contributed by atoms with E-state index >= 15 is 0 Å². The summed E-state index contributed by atoms with van der Waals surface area (Å²) in [5.41, 5.74) is 0. The molecular formula is C11H18N2O. The number of rotatable bonds is 2. The summed E-state index contributed by atoms with van der Waals surface area (Å²) in [6, 6.07) is 0.181. The Morgan fingerprint density at radius 3 is 2.71 bits per heavy atom. The summed E-state index contributed by atoms with van der Waals surface area (Å²) in [6.07, 6.45) is 3.54. The molecule has 3 unspecified atom stereocenters. The molecule has 0 amide bonds. The van der Waals surface area contributed by atoms with Gasteiger partial charge in [0.05, 0.1) is 6.04 Å². The molecule has 3 atom stereocenters. The number of carbonyl (C=O) groups is 1. The van der Waals surface area contributed by atoms with Gasteiger partial charge in [0, 0.05) is 19.0 Å². The second kappa shape index (κ2) is 3.31. The van der Waals surface area contributed by atoms with Crippen LogP contribution in [0.5, 0.6) is 0 Å². The molecule has 0 radical (unpaired) electrons. The highest BCUT2D eigenvalue weighted by Crippen LogP contribution is 2.33. The molecule has 2 N–H and O–H groups in total. The molecule has 0 aromatic rings. The summed E-state index contributed by atoms with van der Waals surface area (Å²) >= 11 is 0. The van der Waals surface area contributed by atoms with Crippen molar-refractivity contribution in [3.8, 4) is 0 Å². The molecular weight excluding hydrogens is 176 g/mol. The molecule has 3 rings (SSSR count). The molecule has 3 fully saturated rings. The largest absolute Gasteiger partial charge is 0.316 e. The van der Waals surface area contributed by atoms with Gasteiger partial charge in [0.25, 0.3) is 0 Å². The van der Waals surface area contributed by atoms with E-state index in [4.69, 9.17) is 0 Å². The average molecular weight is 194 g/mol. The lowest BCUT2D eigenvalue weighted by Gasteiger charge is -2.28. The molecule has 2 saturated heterocycles. The van der Waals surface area contributed by atoms with Gasteiger partial charge in [0.15, 0.2) is 5.78 Å². The third kappa shape index (κ3) is 1.22. The number of Topliss-reactive ketones (excluding diaryl/α,β-unsaturated/α-hetero) is 1. The van der Waals surface area contributed by atoms with Gasteiger partial charge in [-0.2, -0.15) is 0 Å². The molecule has 3 aliphatic rings. The van der Waals surface area contributed by atoms with Gasteiger partial charge < -0.3 is 10.6 Å². The van der Waals surface area contributed by atoms with E-state index in [1.165, 1.54) is 6.42 Å². The van der Waals surface area contributed by atoms with Crippen LogP contribution in [-0.4, -0.2) is 31.5 Å². The lowest BCUT2D eigenvalue weighted by Crippen LogP contribution is -2.43. The highest BCUT2D eigenvalue weighted by atomic mass is 16.1. The normalized spacial score (nSPS) is 42.1. The van der Waals surface area contributed by atoms with E-state index in [1.54, 1.807) is 0 Å². The van der Waals surface area contributed by atoms with Gasteiger partial charge in [-0.25, -0.2) is 0 Å². The summed E-state index contributed by atoms with van der Waals surface area (Å²) in [7, 11) is 0. The van der Waals surface area contributed by atoms with Crippen LogP contribution in [-0.2, 0) is 4.79 Å². The van der Waals surface area contributed by atoms with Gasteiger partial charge in [0.2, 0.25) is 0 Å². The van der Waals surface area contributed by atoms with Crippen LogP contribution in [0.2, 0.25) is 0 Å². The minimum absolute atomic E-state index is 0.181. The number of ketones is 1. The van der Waals surface area contributed by atoms with Crippen molar-refractivity contribution in [1.82, 2.24) is 10.6 Å². The third-order valence-corrected chi connectivity index (χ3v) is 4.23. The van der Waals surface area contributed by atoms with Crippen LogP contribution in [0, 0.1) is 17.8 Å². The summed E-state index contributed by atoms with van der Waals surface area (Å²) in [5.74, 6) is 2.20. The SMILES string of the molecule is O=C(C1CCC1)C1NCC2CNCC21. The quantitative estimate of drug-likeness (QED) is 0.658. The number of fused-ring (bicyclic) bond motifs is 1. The highest BCUT2D eigenvalue weighted by molar-refractivity contribution is 5.87. The van der Waals surface area contributed by atoms with E-state index in [0.29, 0.717) is 23.5 Å². The Morgan fingerprint density at radius 1 is 1.14 bits per heavy atom. The van der Waals surface area contributed by atoms with Gasteiger partial charge in [-0.1, -0.05) is 6.42 Å². The van der Waals surface area contributed by atoms with Gasteiger partial charge >= 0.3 is 0 Å². The summed E-state index contributed by atoms with van der Waals surface area (Å²) in [4.78, 5) is 12.1. The first kappa shape index (κ1) is 8.86. The van der Waals surface area contributed by atoms with Crippen LogP contribution >= 0.6 is 0 Å². The number of nitrogens with one attached hydrogen (secondary N) is 2. The molecule has 3 heteroatoms. The standard InChI is InChI=1S/C11H18N2O/c14-11(7-2-1-3-7)10-9-6-12-4-8(9)5-13-10/h7-10,12-13H,1-6H2. The first-order valence-corrected chi connectivity index (χ1v) is 5.84. The fourth-order valence-electron chi connectivity index (χ4n) is 3.05. The van der Waals surface area contributed by atoms with Gasteiger partial charge in [-0.3, -0.25) is 4.79 Å². The van der Waals surface area contributed by atoms with Gasteiger partial charge in [-0.05, 0) is 31.2 Å². The summed E-state index contributed by atoms with van der Waals surface area (Å²) in [6.45, 7) is 3.19. The average Bonchev–Trinajstić information content (AvgIpc) is 2.57. The Balaban J connectivity index is 1.69. The lowest BCUT2D eigenvalue weighted by atomic mass is 9.77. The predicted octanol–water partition coefficient (Wildman–Crippen LogP) is 0.163. The molecule has 14 heavy (non-hydrogen) atoms. The first-order chi connectivity index (χ1) is 6.86. The molecule has 0 aromatic heterocycles. The van der Waals surface area contributed by atoms with E-state index in [9.17, 15) is 4.79 Å². The predicted molar refractivity (Wildman–Crippen MR) is 54.0 cm³/mol. The van der Waals surface area contributed by atoms with Gasteiger partial charge in [0.1, 0.15) is 0 Å². The second-order valence-corrected chi connectivity index (χ2v) is 5.00. The zero-order valence-electron chi connectivity index (χ0n) is 8.46. The second-order valence-electron chi connectivity index (χ2n) is 5.00. The van der Waals surface area contributed by atoms with Crippen molar-refractivity contribution in [2.75, 3.05) is 19.6 Å². The zero-order chi connectivity index (χ0) is 9.54. The van der Waals surface area contributed by atoms with Crippen molar-refractivity contribution < 1.29 is 4.79 Å². The summed E-state index contributed by atoms with van der Waals surface area (Å²) in [5, 5.41) is 6.81. The molecule has 78 valence electrons. The molecule has 2 aliphatic heterocycles. The first-order valence-electron chi connectivity index (χ1n) is 5.84. The van der Waals surface area contributed by atoms with Crippen LogP contribution < -0.4 is 10.6 Å². The van der Waals surface area contributed by atoms with E-state index in [1.807, 2.05) is 0 Å². The Labute approximate surface area is 84.6 Å². The minimum Gasteiger partial charge on any atom is -0.316 e. The minimum atomic E-state index is 0.181. The smallest absolute Gasteiger partial charge is 0.153 e. The number of hydrogen-bond donors (Lipinski definition) is 2. The van der Waals surface area contributed by atoms with Crippen LogP contribution in [0.1, 0.15) is 19.3 Å². The van der Waals surface area contributed by atoms with Crippen LogP contribution in [0.15, 0.2) is 0 Å². The van der Waals surface area contributed by atoms with E-state index < -0.39 is 0 Å². The lowest BCUT2D eigenvalue weighted by molar-refractivity contribution is -0.127. The van der Waals surface area contributed by atoms with Crippen LogP contribution in [0.4, 0.5) is 0 Å². The maximum absolute atomic E-state index is 12.1. The topological polar surface area (TPSA) is 41.1 Å². The van der Waals surface area contributed by atoms with E-state index in [0.717, 1.165) is 32.5 Å². The fraction of sp³-hybridized carbons (Fsp3) is 0.909. The van der Waals surface area contributed by atoms with E-state index in [-0.39, 0.29) is 6.04 Å². The molecule has 1 saturated carbocycles. The van der Waals surface area contributed by atoms with Crippen LogP contribution in [0.3, 0.4) is 0 Å². The summed E-state index contributed by atoms with van der Waals surface area (Å²) < 4.78 is 0. The Bertz CT molecular complexity index is 250. The van der Waals surface area contributed by atoms with Crippen LogP contribution in [0.25, 0.3) is 0 Å². The van der Waals surface area contributed by atoms with Crippen molar-refractivity contribution in [3.63, 3.8) is 0 Å².